The summed E-state index contributed by atoms with van der Waals surface area (Å²) < 4.78 is 5.32. The predicted molar refractivity (Wildman–Crippen MR) is 93.9 cm³/mol. The minimum Gasteiger partial charge on any atom is -0.496 e. The van der Waals surface area contributed by atoms with Crippen LogP contribution in [0.15, 0.2) is 24.3 Å². The topological polar surface area (TPSA) is 49.9 Å². The lowest BCUT2D eigenvalue weighted by Crippen LogP contribution is -2.42. The minimum absolute atomic E-state index is 0.0876. The molecule has 0 radical (unpaired) electrons. The van der Waals surface area contributed by atoms with Crippen LogP contribution in [0.25, 0.3) is 0 Å². The highest BCUT2D eigenvalue weighted by Crippen LogP contribution is 2.21. The number of carbonyl (C=O) groups excluding carboxylic acids is 2. The maximum absolute atomic E-state index is 12.6. The monoisotopic (exact) mass is 332 g/mol. The predicted octanol–water partition coefficient (Wildman–Crippen LogP) is 2.34. The third kappa shape index (κ3) is 4.49. The highest BCUT2D eigenvalue weighted by atomic mass is 16.5. The van der Waals surface area contributed by atoms with Gasteiger partial charge in [0.15, 0.2) is 0 Å². The normalized spacial score (nSPS) is 15.8. The second-order valence-electron chi connectivity index (χ2n) is 7.27. The van der Waals surface area contributed by atoms with Gasteiger partial charge in [-0.05, 0) is 12.5 Å². The van der Waals surface area contributed by atoms with Crippen molar-refractivity contribution in [3.8, 4) is 5.75 Å². The van der Waals surface area contributed by atoms with Crippen LogP contribution in [0.1, 0.15) is 32.8 Å². The molecule has 24 heavy (non-hydrogen) atoms. The van der Waals surface area contributed by atoms with E-state index in [2.05, 4.69) is 0 Å². The number of ether oxygens (including phenoxy) is 1. The van der Waals surface area contributed by atoms with Crippen molar-refractivity contribution in [2.45, 2.75) is 33.6 Å². The lowest BCUT2D eigenvalue weighted by Gasteiger charge is -2.28. The molecule has 132 valence electrons. The molecule has 0 aliphatic carbocycles. The van der Waals surface area contributed by atoms with Crippen molar-refractivity contribution >= 4 is 11.8 Å². The zero-order chi connectivity index (χ0) is 17.7. The van der Waals surface area contributed by atoms with Crippen molar-refractivity contribution in [2.24, 2.45) is 5.41 Å². The van der Waals surface area contributed by atoms with Gasteiger partial charge in [0.05, 0.1) is 13.5 Å². The van der Waals surface area contributed by atoms with E-state index in [-0.39, 0.29) is 17.2 Å². The number of methoxy groups -OCH3 is 1. The van der Waals surface area contributed by atoms with Gasteiger partial charge < -0.3 is 14.5 Å². The number of para-hydroxylation sites is 1. The third-order valence-corrected chi connectivity index (χ3v) is 4.31. The molecule has 0 saturated carbocycles. The molecular formula is C19H28N2O3. The first kappa shape index (κ1) is 18.3. The van der Waals surface area contributed by atoms with Crippen molar-refractivity contribution in [1.82, 2.24) is 9.80 Å². The molecule has 2 rings (SSSR count). The molecule has 1 heterocycles. The van der Waals surface area contributed by atoms with Gasteiger partial charge in [-0.1, -0.05) is 39.0 Å². The Kier molecular flexibility index (Phi) is 5.86. The lowest BCUT2D eigenvalue weighted by molar-refractivity contribution is -0.139. The summed E-state index contributed by atoms with van der Waals surface area (Å²) in [6, 6.07) is 7.60. The van der Waals surface area contributed by atoms with E-state index >= 15 is 0 Å². The van der Waals surface area contributed by atoms with Gasteiger partial charge in [0.25, 0.3) is 0 Å². The van der Waals surface area contributed by atoms with E-state index in [1.54, 1.807) is 7.11 Å². The molecule has 1 aliphatic rings. The molecule has 0 atom stereocenters. The van der Waals surface area contributed by atoms with Crippen molar-refractivity contribution in [2.75, 3.05) is 33.3 Å². The number of carbonyl (C=O) groups is 2. The van der Waals surface area contributed by atoms with Gasteiger partial charge in [0, 0.05) is 37.2 Å². The first-order chi connectivity index (χ1) is 11.3. The summed E-state index contributed by atoms with van der Waals surface area (Å²) in [7, 11) is 1.62. The van der Waals surface area contributed by atoms with Crippen molar-refractivity contribution < 1.29 is 14.3 Å². The number of benzene rings is 1. The number of rotatable bonds is 3. The van der Waals surface area contributed by atoms with E-state index in [9.17, 15) is 9.59 Å². The number of hydrogen-bond donors (Lipinski definition) is 0. The molecule has 0 unspecified atom stereocenters. The van der Waals surface area contributed by atoms with Crippen LogP contribution in [0, 0.1) is 5.41 Å². The molecule has 2 amide bonds. The fourth-order valence-electron chi connectivity index (χ4n) is 2.97. The van der Waals surface area contributed by atoms with Crippen LogP contribution >= 0.6 is 0 Å². The van der Waals surface area contributed by atoms with E-state index in [0.29, 0.717) is 32.6 Å². The standard InChI is InChI=1S/C19H28N2O3/c1-19(2,3)18(23)21-11-7-10-20(12-13-21)17(22)14-15-8-5-6-9-16(15)24-4/h5-6,8-9H,7,10-14H2,1-4H3. The molecule has 1 aliphatic heterocycles. The van der Waals surface area contributed by atoms with E-state index in [1.807, 2.05) is 54.8 Å². The highest BCUT2D eigenvalue weighted by Gasteiger charge is 2.29. The summed E-state index contributed by atoms with van der Waals surface area (Å²) >= 11 is 0. The Balaban J connectivity index is 1.98. The Bertz CT molecular complexity index is 593. The molecule has 0 bridgehead atoms. The molecule has 5 heteroatoms. The Morgan fingerprint density at radius 2 is 1.67 bits per heavy atom. The summed E-state index contributed by atoms with van der Waals surface area (Å²) in [6.45, 7) is 8.42. The molecule has 1 aromatic rings. The summed E-state index contributed by atoms with van der Waals surface area (Å²) in [5.74, 6) is 0.983. The smallest absolute Gasteiger partial charge is 0.228 e. The molecule has 0 aromatic heterocycles. The van der Waals surface area contributed by atoms with Gasteiger partial charge in [-0.25, -0.2) is 0 Å². The van der Waals surface area contributed by atoms with Crippen molar-refractivity contribution in [3.05, 3.63) is 29.8 Å². The first-order valence-electron chi connectivity index (χ1n) is 8.52. The number of hydrogen-bond acceptors (Lipinski definition) is 3. The van der Waals surface area contributed by atoms with Gasteiger partial charge in [0.2, 0.25) is 11.8 Å². The van der Waals surface area contributed by atoms with Gasteiger partial charge >= 0.3 is 0 Å². The van der Waals surface area contributed by atoms with Crippen LogP contribution in [0.4, 0.5) is 0 Å². The van der Waals surface area contributed by atoms with E-state index in [0.717, 1.165) is 17.7 Å². The van der Waals surface area contributed by atoms with Crippen LogP contribution in [-0.2, 0) is 16.0 Å². The Morgan fingerprint density at radius 1 is 1.04 bits per heavy atom. The summed E-state index contributed by atoms with van der Waals surface area (Å²) in [5.41, 5.74) is 0.521. The fourth-order valence-corrected chi connectivity index (χ4v) is 2.97. The van der Waals surface area contributed by atoms with Gasteiger partial charge in [0.1, 0.15) is 5.75 Å². The van der Waals surface area contributed by atoms with Gasteiger partial charge in [-0.15, -0.1) is 0 Å². The largest absolute Gasteiger partial charge is 0.496 e. The molecule has 0 spiro atoms. The summed E-state index contributed by atoms with van der Waals surface area (Å²) in [6.07, 6.45) is 1.15. The lowest BCUT2D eigenvalue weighted by atomic mass is 9.94. The second-order valence-corrected chi connectivity index (χ2v) is 7.27. The van der Waals surface area contributed by atoms with Gasteiger partial charge in [-0.3, -0.25) is 9.59 Å². The maximum Gasteiger partial charge on any atom is 0.228 e. The molecule has 5 nitrogen and oxygen atoms in total. The molecule has 1 aromatic carbocycles. The van der Waals surface area contributed by atoms with E-state index in [4.69, 9.17) is 4.74 Å². The SMILES string of the molecule is COc1ccccc1CC(=O)N1CCCN(C(=O)C(C)(C)C)CC1. The Morgan fingerprint density at radius 3 is 2.33 bits per heavy atom. The molecule has 1 saturated heterocycles. The number of nitrogens with zero attached hydrogens (tertiary/aromatic N) is 2. The van der Waals surface area contributed by atoms with Crippen LogP contribution in [0.3, 0.4) is 0 Å². The molecule has 0 N–H and O–H groups in total. The summed E-state index contributed by atoms with van der Waals surface area (Å²) in [5, 5.41) is 0. The average molecular weight is 332 g/mol. The fraction of sp³-hybridized carbons (Fsp3) is 0.579. The summed E-state index contributed by atoms with van der Waals surface area (Å²) in [4.78, 5) is 28.8. The Hall–Kier alpha value is -2.04. The van der Waals surface area contributed by atoms with Crippen molar-refractivity contribution in [1.29, 1.82) is 0 Å². The van der Waals surface area contributed by atoms with Crippen LogP contribution < -0.4 is 4.74 Å². The van der Waals surface area contributed by atoms with Crippen LogP contribution in [-0.4, -0.2) is 54.9 Å². The van der Waals surface area contributed by atoms with E-state index in [1.165, 1.54) is 0 Å². The second kappa shape index (κ2) is 7.69. The third-order valence-electron chi connectivity index (χ3n) is 4.31. The average Bonchev–Trinajstić information content (AvgIpc) is 2.79. The van der Waals surface area contributed by atoms with Crippen molar-refractivity contribution in [3.63, 3.8) is 0 Å². The zero-order valence-electron chi connectivity index (χ0n) is 15.2. The zero-order valence-corrected chi connectivity index (χ0v) is 15.2. The maximum atomic E-state index is 12.6. The number of amides is 2. The Labute approximate surface area is 144 Å². The van der Waals surface area contributed by atoms with E-state index < -0.39 is 0 Å². The van der Waals surface area contributed by atoms with Crippen LogP contribution in [0.2, 0.25) is 0 Å². The quantitative estimate of drug-likeness (QED) is 0.854. The molecular weight excluding hydrogens is 304 g/mol. The first-order valence-corrected chi connectivity index (χ1v) is 8.52. The molecule has 1 fully saturated rings. The highest BCUT2D eigenvalue weighted by molar-refractivity contribution is 5.82. The minimum atomic E-state index is -0.378. The van der Waals surface area contributed by atoms with Crippen LogP contribution in [0.5, 0.6) is 5.75 Å². The van der Waals surface area contributed by atoms with Gasteiger partial charge in [-0.2, -0.15) is 0 Å².